The third-order valence-corrected chi connectivity index (χ3v) is 9.18. The third-order valence-electron chi connectivity index (χ3n) is 7.82. The minimum atomic E-state index is -4.03. The van der Waals surface area contributed by atoms with Gasteiger partial charge >= 0.3 is 12.1 Å². The molecule has 6 aromatic rings. The quantitative estimate of drug-likeness (QED) is 0.142. The van der Waals surface area contributed by atoms with Gasteiger partial charge in [0.05, 0.1) is 34.9 Å². The van der Waals surface area contributed by atoms with Crippen LogP contribution in [0.15, 0.2) is 137 Å². The molecule has 242 valence electrons. The summed E-state index contributed by atoms with van der Waals surface area (Å²) in [5.41, 5.74) is 4.09. The molecule has 0 bridgehead atoms. The molecule has 0 radical (unpaired) electrons. The maximum atomic E-state index is 13.7. The van der Waals surface area contributed by atoms with E-state index >= 15 is 0 Å². The zero-order valence-corrected chi connectivity index (χ0v) is 27.0. The predicted octanol–water partition coefficient (Wildman–Crippen LogP) is 8.26. The number of benzene rings is 5. The van der Waals surface area contributed by atoms with E-state index in [4.69, 9.17) is 13.9 Å². The summed E-state index contributed by atoms with van der Waals surface area (Å²) in [6.45, 7) is 1.93. The average Bonchev–Trinajstić information content (AvgIpc) is 3.45. The van der Waals surface area contributed by atoms with Crippen molar-refractivity contribution in [3.63, 3.8) is 0 Å². The van der Waals surface area contributed by atoms with E-state index in [1.807, 2.05) is 67.6 Å². The molecule has 9 nitrogen and oxygen atoms in total. The van der Waals surface area contributed by atoms with Crippen LogP contribution in [0.3, 0.4) is 0 Å². The zero-order chi connectivity index (χ0) is 33.7. The normalized spacial score (nSPS) is 11.9. The minimum Gasteiger partial charge on any atom is -0.465 e. The van der Waals surface area contributed by atoms with E-state index < -0.39 is 28.0 Å². The van der Waals surface area contributed by atoms with Crippen LogP contribution < -0.4 is 10.0 Å². The molecule has 10 heteroatoms. The van der Waals surface area contributed by atoms with Crippen LogP contribution in [0.2, 0.25) is 0 Å². The van der Waals surface area contributed by atoms with Gasteiger partial charge in [0, 0.05) is 5.39 Å². The van der Waals surface area contributed by atoms with E-state index in [0.29, 0.717) is 22.3 Å². The van der Waals surface area contributed by atoms with Gasteiger partial charge in [-0.2, -0.15) is 0 Å². The van der Waals surface area contributed by atoms with Gasteiger partial charge in [-0.05, 0) is 60.0 Å². The summed E-state index contributed by atoms with van der Waals surface area (Å²) in [6.07, 6.45) is -0.749. The molecule has 1 heterocycles. The fraction of sp³-hybridized carbons (Fsp3) is 0.105. The van der Waals surface area contributed by atoms with Crippen LogP contribution in [0, 0.1) is 6.92 Å². The zero-order valence-electron chi connectivity index (χ0n) is 26.2. The molecular formula is C38H32N2O7S. The van der Waals surface area contributed by atoms with Crippen molar-refractivity contribution < 1.29 is 31.9 Å². The van der Waals surface area contributed by atoms with Crippen LogP contribution in [-0.2, 0) is 26.1 Å². The summed E-state index contributed by atoms with van der Waals surface area (Å²) in [5.74, 6) is -1.05. The number of rotatable bonds is 10. The second kappa shape index (κ2) is 13.9. The van der Waals surface area contributed by atoms with E-state index in [0.717, 1.165) is 16.7 Å². The van der Waals surface area contributed by atoms with Crippen LogP contribution >= 0.6 is 0 Å². The second-order valence-electron chi connectivity index (χ2n) is 11.1. The van der Waals surface area contributed by atoms with Crippen molar-refractivity contribution in [1.29, 1.82) is 0 Å². The lowest BCUT2D eigenvalue weighted by molar-refractivity contribution is 0.0601. The Balaban J connectivity index is 1.43. The molecule has 0 spiro atoms. The maximum absolute atomic E-state index is 13.7. The number of nitrogens with one attached hydrogen (secondary N) is 2. The van der Waals surface area contributed by atoms with Gasteiger partial charge < -0.3 is 13.9 Å². The Morgan fingerprint density at radius 2 is 1.46 bits per heavy atom. The molecule has 0 aliphatic heterocycles. The van der Waals surface area contributed by atoms with Crippen LogP contribution in [-0.4, -0.2) is 27.6 Å². The van der Waals surface area contributed by atoms with Crippen molar-refractivity contribution in [3.8, 4) is 0 Å². The Labute approximate surface area is 278 Å². The van der Waals surface area contributed by atoms with E-state index in [1.54, 1.807) is 66.7 Å². The lowest BCUT2D eigenvalue weighted by Gasteiger charge is -2.20. The number of furan rings is 1. The Kier molecular flexibility index (Phi) is 9.26. The standard InChI is InChI=1S/C38H32N2O7S/c1-25-17-20-29(21-18-25)48(43,44)40-35-30-15-9-10-16-33(30)47-36(35)34(27-13-7-4-8-14-27)28-19-22-32(31(23-28)37(41)45-2)39-38(42)46-24-26-11-5-3-6-12-26/h3-23,34,40H,24H2,1-2H3,(H,39,42)/t34-/m1/s1. The number of anilines is 2. The highest BCUT2D eigenvalue weighted by atomic mass is 32.2. The third kappa shape index (κ3) is 6.93. The first-order valence-electron chi connectivity index (χ1n) is 15.1. The molecule has 0 unspecified atom stereocenters. The first kappa shape index (κ1) is 32.1. The summed E-state index contributed by atoms with van der Waals surface area (Å²) in [7, 11) is -2.78. The molecule has 5 aromatic carbocycles. The molecule has 0 aliphatic carbocycles. The highest BCUT2D eigenvalue weighted by Crippen LogP contribution is 2.43. The van der Waals surface area contributed by atoms with Crippen molar-refractivity contribution in [2.45, 2.75) is 24.3 Å². The molecule has 1 aromatic heterocycles. The van der Waals surface area contributed by atoms with Gasteiger partial charge in [-0.15, -0.1) is 0 Å². The molecule has 6 rings (SSSR count). The Morgan fingerprint density at radius 1 is 0.792 bits per heavy atom. The fourth-order valence-electron chi connectivity index (χ4n) is 5.42. The molecule has 0 aliphatic rings. The topological polar surface area (TPSA) is 124 Å². The van der Waals surface area contributed by atoms with Crippen LogP contribution in [0.5, 0.6) is 0 Å². The largest absolute Gasteiger partial charge is 0.465 e. The molecule has 1 atom stereocenters. The summed E-state index contributed by atoms with van der Waals surface area (Å²) in [6, 6.07) is 37.2. The lowest BCUT2D eigenvalue weighted by atomic mass is 9.87. The molecule has 48 heavy (non-hydrogen) atoms. The van der Waals surface area contributed by atoms with E-state index in [1.165, 1.54) is 7.11 Å². The van der Waals surface area contributed by atoms with Gasteiger partial charge in [-0.3, -0.25) is 10.0 Å². The summed E-state index contributed by atoms with van der Waals surface area (Å²) in [5, 5.41) is 3.22. The molecule has 0 saturated heterocycles. The van der Waals surface area contributed by atoms with Crippen LogP contribution in [0.4, 0.5) is 16.2 Å². The smallest absolute Gasteiger partial charge is 0.411 e. The number of sulfonamides is 1. The number of fused-ring (bicyclic) bond motifs is 1. The Bertz CT molecular complexity index is 2180. The summed E-state index contributed by atoms with van der Waals surface area (Å²) in [4.78, 5) is 25.9. The van der Waals surface area contributed by atoms with Crippen LogP contribution in [0.1, 0.15) is 44.3 Å². The number of carbonyl (C=O) groups excluding carboxylic acids is 2. The fourth-order valence-corrected chi connectivity index (χ4v) is 6.51. The number of carbonyl (C=O) groups is 2. The van der Waals surface area contributed by atoms with Crippen molar-refractivity contribution in [2.24, 2.45) is 0 Å². The highest BCUT2D eigenvalue weighted by Gasteiger charge is 2.30. The molecule has 2 N–H and O–H groups in total. The SMILES string of the molecule is COC(=O)c1cc([C@@H](c2ccccc2)c2oc3ccccc3c2NS(=O)(=O)c2ccc(C)cc2)ccc1NC(=O)OCc1ccccc1. The molecular weight excluding hydrogens is 628 g/mol. The van der Waals surface area contributed by atoms with Crippen molar-refractivity contribution in [3.05, 3.63) is 161 Å². The second-order valence-corrected chi connectivity index (χ2v) is 12.8. The van der Waals surface area contributed by atoms with Gasteiger partial charge in [-0.1, -0.05) is 96.6 Å². The summed E-state index contributed by atoms with van der Waals surface area (Å²) < 4.78 is 47.1. The molecule has 0 fully saturated rings. The van der Waals surface area contributed by atoms with Gasteiger partial charge in [0.1, 0.15) is 18.0 Å². The van der Waals surface area contributed by atoms with E-state index in [9.17, 15) is 18.0 Å². The lowest BCUT2D eigenvalue weighted by Crippen LogP contribution is -2.18. The van der Waals surface area contributed by atoms with E-state index in [2.05, 4.69) is 10.0 Å². The number of methoxy groups -OCH3 is 1. The van der Waals surface area contributed by atoms with Gasteiger partial charge in [0.2, 0.25) is 0 Å². The molecule has 0 saturated carbocycles. The number of esters is 1. The average molecular weight is 661 g/mol. The monoisotopic (exact) mass is 660 g/mol. The first-order chi connectivity index (χ1) is 23.2. The van der Waals surface area contributed by atoms with E-state index in [-0.39, 0.29) is 28.4 Å². The number of hydrogen-bond acceptors (Lipinski definition) is 7. The van der Waals surface area contributed by atoms with Crippen LogP contribution in [0.25, 0.3) is 11.0 Å². The summed E-state index contributed by atoms with van der Waals surface area (Å²) >= 11 is 0. The number of hydrogen-bond donors (Lipinski definition) is 2. The van der Waals surface area contributed by atoms with Crippen molar-refractivity contribution in [2.75, 3.05) is 17.1 Å². The van der Waals surface area contributed by atoms with Crippen molar-refractivity contribution in [1.82, 2.24) is 0 Å². The maximum Gasteiger partial charge on any atom is 0.411 e. The Hall–Kier alpha value is -5.87. The number of ether oxygens (including phenoxy) is 2. The predicted molar refractivity (Wildman–Crippen MR) is 184 cm³/mol. The Morgan fingerprint density at radius 3 is 2.17 bits per heavy atom. The van der Waals surface area contributed by atoms with Crippen molar-refractivity contribution >= 4 is 44.4 Å². The van der Waals surface area contributed by atoms with Gasteiger partial charge in [-0.25, -0.2) is 18.0 Å². The number of aryl methyl sites for hydroxylation is 1. The molecule has 1 amide bonds. The highest BCUT2D eigenvalue weighted by molar-refractivity contribution is 7.92. The minimum absolute atomic E-state index is 0.0434. The number of amides is 1. The first-order valence-corrected chi connectivity index (χ1v) is 16.6. The number of para-hydroxylation sites is 1. The van der Waals surface area contributed by atoms with Gasteiger partial charge in [0.15, 0.2) is 0 Å². The van der Waals surface area contributed by atoms with Gasteiger partial charge in [0.25, 0.3) is 10.0 Å².